The quantitative estimate of drug-likeness (QED) is 0.864. The van der Waals surface area contributed by atoms with Gasteiger partial charge in [-0.3, -0.25) is 4.79 Å². The van der Waals surface area contributed by atoms with Gasteiger partial charge >= 0.3 is 0 Å². The Labute approximate surface area is 107 Å². The third kappa shape index (κ3) is 3.01. The van der Waals surface area contributed by atoms with E-state index in [0.29, 0.717) is 11.6 Å². The van der Waals surface area contributed by atoms with Gasteiger partial charge in [-0.1, -0.05) is 0 Å². The number of piperidine rings is 1. The van der Waals surface area contributed by atoms with Gasteiger partial charge in [0.05, 0.1) is 11.6 Å². The minimum atomic E-state index is 0.159. The van der Waals surface area contributed by atoms with E-state index in [2.05, 4.69) is 11.4 Å². The summed E-state index contributed by atoms with van der Waals surface area (Å²) in [6.45, 7) is 3.26. The van der Waals surface area contributed by atoms with E-state index in [0.717, 1.165) is 31.6 Å². The van der Waals surface area contributed by atoms with Crippen LogP contribution in [0.1, 0.15) is 25.3 Å². The lowest BCUT2D eigenvalue weighted by Gasteiger charge is -2.32. The second-order valence-electron chi connectivity index (χ2n) is 4.61. The Hall–Kier alpha value is -2.02. The first-order valence-electron chi connectivity index (χ1n) is 6.21. The molecule has 1 N–H and O–H groups in total. The molecule has 4 heteroatoms. The van der Waals surface area contributed by atoms with Gasteiger partial charge in [0.1, 0.15) is 0 Å². The van der Waals surface area contributed by atoms with Crippen LogP contribution in [-0.4, -0.2) is 29.9 Å². The molecule has 1 fully saturated rings. The highest BCUT2D eigenvalue weighted by Crippen LogP contribution is 2.17. The lowest BCUT2D eigenvalue weighted by molar-refractivity contribution is -0.129. The van der Waals surface area contributed by atoms with Gasteiger partial charge < -0.3 is 10.2 Å². The average Bonchev–Trinajstić information content (AvgIpc) is 2.40. The Kier molecular flexibility index (Phi) is 3.83. The molecule has 1 aromatic rings. The van der Waals surface area contributed by atoms with E-state index in [4.69, 9.17) is 5.26 Å². The molecule has 0 unspecified atom stereocenters. The molecule has 0 atom stereocenters. The number of hydrogen-bond donors (Lipinski definition) is 1. The number of rotatable bonds is 2. The highest BCUT2D eigenvalue weighted by molar-refractivity contribution is 5.73. The van der Waals surface area contributed by atoms with Crippen molar-refractivity contribution < 1.29 is 4.79 Å². The fraction of sp³-hybridized carbons (Fsp3) is 0.429. The van der Waals surface area contributed by atoms with Crippen molar-refractivity contribution in [3.8, 4) is 6.07 Å². The van der Waals surface area contributed by atoms with Gasteiger partial charge in [-0.25, -0.2) is 0 Å². The van der Waals surface area contributed by atoms with Crippen LogP contribution >= 0.6 is 0 Å². The van der Waals surface area contributed by atoms with Crippen molar-refractivity contribution in [2.24, 2.45) is 0 Å². The highest BCUT2D eigenvalue weighted by atomic mass is 16.2. The summed E-state index contributed by atoms with van der Waals surface area (Å²) in [7, 11) is 0. The molecule has 2 rings (SSSR count). The van der Waals surface area contributed by atoms with Crippen molar-refractivity contribution >= 4 is 11.6 Å². The van der Waals surface area contributed by atoms with Crippen LogP contribution < -0.4 is 5.32 Å². The molecule has 0 radical (unpaired) electrons. The summed E-state index contributed by atoms with van der Waals surface area (Å²) in [5.41, 5.74) is 1.71. The largest absolute Gasteiger partial charge is 0.382 e. The molecule has 4 nitrogen and oxygen atoms in total. The molecular weight excluding hydrogens is 226 g/mol. The van der Waals surface area contributed by atoms with E-state index in [1.165, 1.54) is 0 Å². The van der Waals surface area contributed by atoms with Crippen molar-refractivity contribution in [2.75, 3.05) is 18.4 Å². The van der Waals surface area contributed by atoms with Gasteiger partial charge in [-0.05, 0) is 37.1 Å². The Morgan fingerprint density at radius 2 is 1.94 bits per heavy atom. The smallest absolute Gasteiger partial charge is 0.219 e. The van der Waals surface area contributed by atoms with Gasteiger partial charge in [0, 0.05) is 31.7 Å². The normalized spacial score (nSPS) is 16.1. The maximum atomic E-state index is 11.2. The maximum absolute atomic E-state index is 11.2. The van der Waals surface area contributed by atoms with Crippen LogP contribution in [0.15, 0.2) is 24.3 Å². The van der Waals surface area contributed by atoms with Crippen LogP contribution in [0.3, 0.4) is 0 Å². The monoisotopic (exact) mass is 243 g/mol. The Balaban J connectivity index is 1.87. The van der Waals surface area contributed by atoms with E-state index >= 15 is 0 Å². The lowest BCUT2D eigenvalue weighted by atomic mass is 10.0. The van der Waals surface area contributed by atoms with Crippen LogP contribution in [0.4, 0.5) is 5.69 Å². The molecule has 1 aliphatic rings. The summed E-state index contributed by atoms with van der Waals surface area (Å²) in [4.78, 5) is 13.1. The average molecular weight is 243 g/mol. The zero-order valence-corrected chi connectivity index (χ0v) is 10.5. The molecule has 0 aromatic heterocycles. The lowest BCUT2D eigenvalue weighted by Crippen LogP contribution is -2.41. The van der Waals surface area contributed by atoms with Crippen LogP contribution in [-0.2, 0) is 4.79 Å². The molecule has 1 aromatic carbocycles. The number of carbonyl (C=O) groups excluding carboxylic acids is 1. The molecule has 94 valence electrons. The summed E-state index contributed by atoms with van der Waals surface area (Å²) in [5.74, 6) is 0.159. The van der Waals surface area contributed by atoms with E-state index in [1.54, 1.807) is 6.92 Å². The van der Waals surface area contributed by atoms with Gasteiger partial charge in [0.15, 0.2) is 0 Å². The number of amides is 1. The number of carbonyl (C=O) groups is 1. The number of benzene rings is 1. The zero-order chi connectivity index (χ0) is 13.0. The van der Waals surface area contributed by atoms with Gasteiger partial charge in [-0.2, -0.15) is 5.26 Å². The van der Waals surface area contributed by atoms with Gasteiger partial charge in [0.25, 0.3) is 0 Å². The summed E-state index contributed by atoms with van der Waals surface area (Å²) in [5, 5.41) is 12.2. The van der Waals surface area contributed by atoms with Crippen LogP contribution in [0.25, 0.3) is 0 Å². The predicted molar refractivity (Wildman–Crippen MR) is 70.1 cm³/mol. The van der Waals surface area contributed by atoms with Crippen molar-refractivity contribution in [3.63, 3.8) is 0 Å². The number of nitrogens with one attached hydrogen (secondary N) is 1. The number of hydrogen-bond acceptors (Lipinski definition) is 3. The van der Waals surface area contributed by atoms with Crippen molar-refractivity contribution in [1.29, 1.82) is 5.26 Å². The van der Waals surface area contributed by atoms with Crippen molar-refractivity contribution in [3.05, 3.63) is 29.8 Å². The van der Waals surface area contributed by atoms with E-state index in [9.17, 15) is 4.79 Å². The first-order chi connectivity index (χ1) is 8.69. The van der Waals surface area contributed by atoms with Crippen molar-refractivity contribution in [2.45, 2.75) is 25.8 Å². The minimum Gasteiger partial charge on any atom is -0.382 e. The topological polar surface area (TPSA) is 56.1 Å². The van der Waals surface area contributed by atoms with Crippen LogP contribution in [0, 0.1) is 11.3 Å². The summed E-state index contributed by atoms with van der Waals surface area (Å²) in [6.07, 6.45) is 1.94. The number of nitrogens with zero attached hydrogens (tertiary/aromatic N) is 2. The van der Waals surface area contributed by atoms with Crippen LogP contribution in [0.2, 0.25) is 0 Å². The summed E-state index contributed by atoms with van der Waals surface area (Å²) in [6, 6.07) is 9.99. The molecule has 18 heavy (non-hydrogen) atoms. The number of likely N-dealkylation sites (tertiary alicyclic amines) is 1. The fourth-order valence-corrected chi connectivity index (χ4v) is 2.22. The Morgan fingerprint density at radius 3 is 2.44 bits per heavy atom. The number of nitriles is 1. The first-order valence-corrected chi connectivity index (χ1v) is 6.21. The Morgan fingerprint density at radius 1 is 1.33 bits per heavy atom. The molecule has 0 saturated carbocycles. The van der Waals surface area contributed by atoms with Gasteiger partial charge in [-0.15, -0.1) is 0 Å². The first kappa shape index (κ1) is 12.4. The molecule has 0 spiro atoms. The third-order valence-corrected chi connectivity index (χ3v) is 3.33. The maximum Gasteiger partial charge on any atom is 0.219 e. The fourth-order valence-electron chi connectivity index (χ4n) is 2.22. The minimum absolute atomic E-state index is 0.159. The van der Waals surface area contributed by atoms with Gasteiger partial charge in [0.2, 0.25) is 5.91 Å². The van der Waals surface area contributed by atoms with E-state index in [-0.39, 0.29) is 5.91 Å². The van der Waals surface area contributed by atoms with E-state index < -0.39 is 0 Å². The summed E-state index contributed by atoms with van der Waals surface area (Å²) >= 11 is 0. The second kappa shape index (κ2) is 5.54. The molecule has 1 saturated heterocycles. The Bertz CT molecular complexity index is 453. The molecule has 0 aliphatic carbocycles. The van der Waals surface area contributed by atoms with E-state index in [1.807, 2.05) is 29.2 Å². The highest BCUT2D eigenvalue weighted by Gasteiger charge is 2.20. The predicted octanol–water partition coefficient (Wildman–Crippen LogP) is 1.98. The third-order valence-electron chi connectivity index (χ3n) is 3.33. The number of anilines is 1. The molecule has 1 aliphatic heterocycles. The standard InChI is InChI=1S/C14H17N3O/c1-11(18)17-8-6-14(7-9-17)16-13-4-2-12(10-15)3-5-13/h2-5,14,16H,6-9H2,1H3. The van der Waals surface area contributed by atoms with Crippen molar-refractivity contribution in [1.82, 2.24) is 4.90 Å². The summed E-state index contributed by atoms with van der Waals surface area (Å²) < 4.78 is 0. The van der Waals surface area contributed by atoms with Crippen LogP contribution in [0.5, 0.6) is 0 Å². The SMILES string of the molecule is CC(=O)N1CCC(Nc2ccc(C#N)cc2)CC1. The molecule has 1 heterocycles. The molecule has 0 bridgehead atoms. The zero-order valence-electron chi connectivity index (χ0n) is 10.5. The molecular formula is C14H17N3O. The molecule has 1 amide bonds. The second-order valence-corrected chi connectivity index (χ2v) is 4.61.